The van der Waals surface area contributed by atoms with Crippen LogP contribution in [0, 0.1) is 0 Å². The zero-order valence-electron chi connectivity index (χ0n) is 10.9. The minimum Gasteiger partial charge on any atom is -0.496 e. The van der Waals surface area contributed by atoms with Crippen molar-refractivity contribution in [1.29, 1.82) is 0 Å². The quantitative estimate of drug-likeness (QED) is 0.637. The van der Waals surface area contributed by atoms with E-state index < -0.39 is 18.2 Å². The number of hydrogen-bond donors (Lipinski definition) is 3. The van der Waals surface area contributed by atoms with Gasteiger partial charge in [-0.2, -0.15) is 0 Å². The van der Waals surface area contributed by atoms with Crippen molar-refractivity contribution in [3.63, 3.8) is 0 Å². The van der Waals surface area contributed by atoms with Gasteiger partial charge in [-0.3, -0.25) is 4.79 Å². The molecule has 1 rings (SSSR count). The Labute approximate surface area is 111 Å². The molecule has 19 heavy (non-hydrogen) atoms. The molecule has 6 heteroatoms. The number of esters is 1. The zero-order chi connectivity index (χ0) is 14.4. The summed E-state index contributed by atoms with van der Waals surface area (Å²) in [5, 5.41) is 28.9. The third kappa shape index (κ3) is 3.92. The van der Waals surface area contributed by atoms with Gasteiger partial charge >= 0.3 is 5.97 Å². The van der Waals surface area contributed by atoms with Crippen LogP contribution < -0.4 is 4.74 Å². The average molecular weight is 270 g/mol. The largest absolute Gasteiger partial charge is 0.496 e. The van der Waals surface area contributed by atoms with Crippen molar-refractivity contribution in [2.45, 2.75) is 25.2 Å². The van der Waals surface area contributed by atoms with Crippen LogP contribution in [0.3, 0.4) is 0 Å². The van der Waals surface area contributed by atoms with Gasteiger partial charge in [-0.15, -0.1) is 0 Å². The van der Waals surface area contributed by atoms with Gasteiger partial charge in [0.15, 0.2) is 0 Å². The highest BCUT2D eigenvalue weighted by Gasteiger charge is 2.24. The second-order valence-electron chi connectivity index (χ2n) is 4.03. The van der Waals surface area contributed by atoms with Crippen molar-refractivity contribution in [1.82, 2.24) is 0 Å². The first-order valence-corrected chi connectivity index (χ1v) is 5.74. The number of methoxy groups -OCH3 is 2. The third-order valence-electron chi connectivity index (χ3n) is 2.76. The fourth-order valence-electron chi connectivity index (χ4n) is 1.69. The number of hydrogen-bond acceptors (Lipinski definition) is 6. The fraction of sp³-hybridized carbons (Fsp3) is 0.462. The van der Waals surface area contributed by atoms with Gasteiger partial charge in [-0.25, -0.2) is 0 Å². The van der Waals surface area contributed by atoms with Crippen molar-refractivity contribution in [2.75, 3.05) is 14.2 Å². The Balaban J connectivity index is 2.96. The molecule has 2 atom stereocenters. The fourth-order valence-corrected chi connectivity index (χ4v) is 1.69. The number of benzene rings is 1. The zero-order valence-corrected chi connectivity index (χ0v) is 10.9. The molecule has 0 fully saturated rings. The van der Waals surface area contributed by atoms with Crippen molar-refractivity contribution in [2.24, 2.45) is 0 Å². The highest BCUT2D eigenvalue weighted by Crippen LogP contribution is 2.29. The lowest BCUT2D eigenvalue weighted by Gasteiger charge is -2.20. The highest BCUT2D eigenvalue weighted by atomic mass is 16.5. The van der Waals surface area contributed by atoms with Gasteiger partial charge in [-0.1, -0.05) is 6.07 Å². The number of rotatable bonds is 6. The second kappa shape index (κ2) is 7.08. The van der Waals surface area contributed by atoms with Gasteiger partial charge in [0.05, 0.1) is 33.4 Å². The predicted octanol–water partition coefficient (Wildman–Crippen LogP) is 0.145. The van der Waals surface area contributed by atoms with Gasteiger partial charge in [-0.05, 0) is 17.7 Å². The molecule has 3 N–H and O–H groups in total. The lowest BCUT2D eigenvalue weighted by atomic mass is 9.99. The molecule has 0 spiro atoms. The van der Waals surface area contributed by atoms with Crippen LogP contribution in [0.15, 0.2) is 18.2 Å². The average Bonchev–Trinajstić information content (AvgIpc) is 2.45. The van der Waals surface area contributed by atoms with E-state index in [0.29, 0.717) is 16.9 Å². The van der Waals surface area contributed by atoms with Crippen LogP contribution in [-0.2, 0) is 16.1 Å². The molecule has 0 aromatic heterocycles. The summed E-state index contributed by atoms with van der Waals surface area (Å²) in [6.45, 7) is -0.198. The van der Waals surface area contributed by atoms with E-state index in [-0.39, 0.29) is 13.0 Å². The maximum absolute atomic E-state index is 11.1. The maximum Gasteiger partial charge on any atom is 0.308 e. The number of carbonyl (C=O) groups excluding carboxylic acids is 1. The number of ether oxygens (including phenoxy) is 2. The number of aliphatic hydroxyl groups excluding tert-OH is 3. The summed E-state index contributed by atoms with van der Waals surface area (Å²) in [6, 6.07) is 4.74. The van der Waals surface area contributed by atoms with E-state index in [1.54, 1.807) is 12.1 Å². The van der Waals surface area contributed by atoms with Gasteiger partial charge < -0.3 is 24.8 Å². The summed E-state index contributed by atoms with van der Waals surface area (Å²) >= 11 is 0. The molecule has 1 aromatic rings. The highest BCUT2D eigenvalue weighted by molar-refractivity contribution is 5.69. The Morgan fingerprint density at radius 2 is 2.00 bits per heavy atom. The summed E-state index contributed by atoms with van der Waals surface area (Å²) < 4.78 is 9.51. The molecular formula is C13H18O6. The Morgan fingerprint density at radius 1 is 1.32 bits per heavy atom. The summed E-state index contributed by atoms with van der Waals surface area (Å²) in [6.07, 6.45) is -2.94. The molecule has 0 aliphatic rings. The van der Waals surface area contributed by atoms with E-state index in [1.165, 1.54) is 20.3 Å². The molecule has 106 valence electrons. The standard InChI is InChI=1S/C13H18O6/c1-18-11-4-3-8(7-14)5-9(11)13(17)10(15)6-12(16)19-2/h3-5,10,13-15,17H,6-7H2,1-2H3. The van der Waals surface area contributed by atoms with Gasteiger partial charge in [0, 0.05) is 5.56 Å². The van der Waals surface area contributed by atoms with Crippen LogP contribution in [-0.4, -0.2) is 41.6 Å². The molecule has 0 amide bonds. The van der Waals surface area contributed by atoms with Gasteiger partial charge in [0.1, 0.15) is 11.9 Å². The van der Waals surface area contributed by atoms with E-state index in [9.17, 15) is 15.0 Å². The van der Waals surface area contributed by atoms with Crippen LogP contribution in [0.25, 0.3) is 0 Å². The molecule has 0 aliphatic heterocycles. The molecule has 6 nitrogen and oxygen atoms in total. The lowest BCUT2D eigenvalue weighted by Crippen LogP contribution is -2.23. The van der Waals surface area contributed by atoms with Crippen LogP contribution in [0.1, 0.15) is 23.7 Å². The predicted molar refractivity (Wildman–Crippen MR) is 66.5 cm³/mol. The molecule has 0 saturated carbocycles. The monoisotopic (exact) mass is 270 g/mol. The second-order valence-corrected chi connectivity index (χ2v) is 4.03. The van der Waals surface area contributed by atoms with Crippen molar-refractivity contribution in [3.8, 4) is 5.75 Å². The van der Waals surface area contributed by atoms with E-state index in [2.05, 4.69) is 4.74 Å². The normalized spacial score (nSPS) is 13.7. The SMILES string of the molecule is COC(=O)CC(O)C(O)c1cc(CO)ccc1OC. The van der Waals surface area contributed by atoms with Crippen molar-refractivity contribution < 1.29 is 29.6 Å². The molecule has 0 saturated heterocycles. The molecular weight excluding hydrogens is 252 g/mol. The Bertz CT molecular complexity index is 431. The van der Waals surface area contributed by atoms with E-state index in [1.807, 2.05) is 0 Å². The Hall–Kier alpha value is -1.63. The van der Waals surface area contributed by atoms with Crippen molar-refractivity contribution in [3.05, 3.63) is 29.3 Å². The van der Waals surface area contributed by atoms with E-state index >= 15 is 0 Å². The lowest BCUT2D eigenvalue weighted by molar-refractivity contribution is -0.144. The van der Waals surface area contributed by atoms with Crippen LogP contribution in [0.5, 0.6) is 5.75 Å². The summed E-state index contributed by atoms with van der Waals surface area (Å²) in [4.78, 5) is 11.1. The van der Waals surface area contributed by atoms with Crippen LogP contribution in [0.2, 0.25) is 0 Å². The molecule has 1 aromatic carbocycles. The molecule has 0 heterocycles. The molecule has 2 unspecified atom stereocenters. The Kier molecular flexibility index (Phi) is 5.75. The number of carbonyl (C=O) groups is 1. The van der Waals surface area contributed by atoms with Crippen LogP contribution >= 0.6 is 0 Å². The van der Waals surface area contributed by atoms with Gasteiger partial charge in [0.2, 0.25) is 0 Å². The minimum absolute atomic E-state index is 0.198. The first-order chi connectivity index (χ1) is 9.03. The molecule has 0 aliphatic carbocycles. The van der Waals surface area contributed by atoms with E-state index in [4.69, 9.17) is 9.84 Å². The smallest absolute Gasteiger partial charge is 0.308 e. The first kappa shape index (κ1) is 15.4. The maximum atomic E-state index is 11.1. The molecule has 0 bridgehead atoms. The summed E-state index contributed by atoms with van der Waals surface area (Å²) in [5.74, 6) is -0.252. The molecule has 0 radical (unpaired) electrons. The topological polar surface area (TPSA) is 96.2 Å². The first-order valence-electron chi connectivity index (χ1n) is 5.74. The Morgan fingerprint density at radius 3 is 2.53 bits per heavy atom. The minimum atomic E-state index is -1.31. The number of aliphatic hydroxyl groups is 3. The van der Waals surface area contributed by atoms with E-state index in [0.717, 1.165) is 0 Å². The van der Waals surface area contributed by atoms with Crippen molar-refractivity contribution >= 4 is 5.97 Å². The third-order valence-corrected chi connectivity index (χ3v) is 2.76. The van der Waals surface area contributed by atoms with Gasteiger partial charge in [0.25, 0.3) is 0 Å². The van der Waals surface area contributed by atoms with Crippen LogP contribution in [0.4, 0.5) is 0 Å². The summed E-state index contributed by atoms with van der Waals surface area (Å²) in [7, 11) is 2.63. The summed E-state index contributed by atoms with van der Waals surface area (Å²) in [5.41, 5.74) is 0.880.